The van der Waals surface area contributed by atoms with Crippen LogP contribution in [0.1, 0.15) is 29.4 Å². The van der Waals surface area contributed by atoms with Crippen LogP contribution in [0, 0.1) is 0 Å². The van der Waals surface area contributed by atoms with Gasteiger partial charge in [0.2, 0.25) is 5.91 Å². The van der Waals surface area contributed by atoms with Crippen molar-refractivity contribution < 1.29 is 9.59 Å². The van der Waals surface area contributed by atoms with E-state index in [-0.39, 0.29) is 11.8 Å². The van der Waals surface area contributed by atoms with Gasteiger partial charge in [0, 0.05) is 41.4 Å². The third-order valence-corrected chi connectivity index (χ3v) is 5.83. The van der Waals surface area contributed by atoms with Crippen molar-refractivity contribution in [3.63, 3.8) is 0 Å². The molecule has 1 aliphatic rings. The lowest BCUT2D eigenvalue weighted by Crippen LogP contribution is -2.37. The Hall–Kier alpha value is -1.53. The van der Waals surface area contributed by atoms with Crippen LogP contribution in [0.3, 0.4) is 0 Å². The summed E-state index contributed by atoms with van der Waals surface area (Å²) in [4.78, 5) is 27.0. The molecule has 0 aliphatic carbocycles. The van der Waals surface area contributed by atoms with Gasteiger partial charge in [-0.2, -0.15) is 11.8 Å². The summed E-state index contributed by atoms with van der Waals surface area (Å²) in [7, 11) is 0. The number of hydrogen-bond donors (Lipinski definition) is 1. The Morgan fingerprint density at radius 1 is 1.22 bits per heavy atom. The van der Waals surface area contributed by atoms with E-state index in [1.807, 2.05) is 47.9 Å². The molecule has 0 radical (unpaired) electrons. The quantitative estimate of drug-likeness (QED) is 0.913. The first-order valence-electron chi connectivity index (χ1n) is 7.88. The number of nitrogens with zero attached hydrogens (tertiary/aromatic N) is 1. The Morgan fingerprint density at radius 2 is 2.00 bits per heavy atom. The van der Waals surface area contributed by atoms with Crippen molar-refractivity contribution in [3.05, 3.63) is 29.1 Å². The molecule has 122 valence electrons. The summed E-state index contributed by atoms with van der Waals surface area (Å²) in [6, 6.07) is 7.77. The summed E-state index contributed by atoms with van der Waals surface area (Å²) in [5.41, 5.74) is 0.794. The monoisotopic (exact) mass is 348 g/mol. The first-order valence-corrected chi connectivity index (χ1v) is 9.85. The van der Waals surface area contributed by atoms with Crippen molar-refractivity contribution in [1.82, 2.24) is 4.90 Å². The highest BCUT2D eigenvalue weighted by molar-refractivity contribution is 7.99. The number of carbonyl (C=O) groups is 2. The standard InChI is InChI=1S/C17H20N2O2S2/c1-2-3-16(20)18-13-4-5-14-12(10-13)11-15(23-14)17(21)19-6-8-22-9-7-19/h4-5,10-11H,2-3,6-9H2,1H3,(H,18,20). The summed E-state index contributed by atoms with van der Waals surface area (Å²) in [5.74, 6) is 2.20. The van der Waals surface area contributed by atoms with E-state index in [0.29, 0.717) is 6.42 Å². The topological polar surface area (TPSA) is 49.4 Å². The number of thiophene rings is 1. The number of benzene rings is 1. The SMILES string of the molecule is CCCC(=O)Nc1ccc2sc(C(=O)N3CCSCC3)cc2c1. The van der Waals surface area contributed by atoms with E-state index < -0.39 is 0 Å². The van der Waals surface area contributed by atoms with Gasteiger partial charge in [-0.05, 0) is 36.1 Å². The van der Waals surface area contributed by atoms with Gasteiger partial charge in [-0.15, -0.1) is 11.3 Å². The highest BCUT2D eigenvalue weighted by Crippen LogP contribution is 2.29. The van der Waals surface area contributed by atoms with Gasteiger partial charge >= 0.3 is 0 Å². The molecule has 0 bridgehead atoms. The van der Waals surface area contributed by atoms with E-state index in [0.717, 1.165) is 51.7 Å². The Kier molecular flexibility index (Phi) is 5.23. The van der Waals surface area contributed by atoms with E-state index in [1.165, 1.54) is 11.3 Å². The molecular weight excluding hydrogens is 328 g/mol. The van der Waals surface area contributed by atoms with Crippen LogP contribution in [0.2, 0.25) is 0 Å². The van der Waals surface area contributed by atoms with Crippen molar-refractivity contribution in [3.8, 4) is 0 Å². The molecule has 23 heavy (non-hydrogen) atoms. The fourth-order valence-electron chi connectivity index (χ4n) is 2.60. The molecule has 2 aromatic rings. The van der Waals surface area contributed by atoms with Gasteiger partial charge in [-0.25, -0.2) is 0 Å². The fraction of sp³-hybridized carbons (Fsp3) is 0.412. The Bertz CT molecular complexity index is 720. The lowest BCUT2D eigenvalue weighted by atomic mass is 10.2. The second kappa shape index (κ2) is 7.36. The van der Waals surface area contributed by atoms with Crippen LogP contribution < -0.4 is 5.32 Å². The van der Waals surface area contributed by atoms with Gasteiger partial charge in [0.05, 0.1) is 4.88 Å². The molecule has 1 aromatic carbocycles. The zero-order valence-corrected chi connectivity index (χ0v) is 14.8. The number of hydrogen-bond acceptors (Lipinski definition) is 4. The second-order valence-electron chi connectivity index (χ2n) is 5.57. The maximum Gasteiger partial charge on any atom is 0.264 e. The third-order valence-electron chi connectivity index (χ3n) is 3.79. The van der Waals surface area contributed by atoms with Gasteiger partial charge in [0.25, 0.3) is 5.91 Å². The normalized spacial score (nSPS) is 14.9. The van der Waals surface area contributed by atoms with Crippen LogP contribution in [0.4, 0.5) is 5.69 Å². The Labute approximate surface area is 144 Å². The average Bonchev–Trinajstić information content (AvgIpc) is 2.98. The van der Waals surface area contributed by atoms with E-state index >= 15 is 0 Å². The highest BCUT2D eigenvalue weighted by atomic mass is 32.2. The smallest absolute Gasteiger partial charge is 0.264 e. The maximum absolute atomic E-state index is 12.6. The zero-order chi connectivity index (χ0) is 16.2. The Morgan fingerprint density at radius 3 is 2.74 bits per heavy atom. The van der Waals surface area contributed by atoms with E-state index in [4.69, 9.17) is 0 Å². The number of carbonyl (C=O) groups excluding carboxylic acids is 2. The van der Waals surface area contributed by atoms with Gasteiger partial charge in [0.1, 0.15) is 0 Å². The van der Waals surface area contributed by atoms with Crippen LogP contribution in [0.5, 0.6) is 0 Å². The minimum atomic E-state index is 0.0317. The predicted molar refractivity (Wildman–Crippen MR) is 98.6 cm³/mol. The number of anilines is 1. The van der Waals surface area contributed by atoms with Gasteiger partial charge in [0.15, 0.2) is 0 Å². The van der Waals surface area contributed by atoms with Crippen LogP contribution >= 0.6 is 23.1 Å². The van der Waals surface area contributed by atoms with Crippen molar-refractivity contribution in [2.24, 2.45) is 0 Å². The number of thioether (sulfide) groups is 1. The zero-order valence-electron chi connectivity index (χ0n) is 13.1. The van der Waals surface area contributed by atoms with Crippen LogP contribution in [0.15, 0.2) is 24.3 Å². The molecule has 0 unspecified atom stereocenters. The lowest BCUT2D eigenvalue weighted by molar-refractivity contribution is -0.116. The van der Waals surface area contributed by atoms with Crippen LogP contribution in [0.25, 0.3) is 10.1 Å². The Balaban J connectivity index is 1.78. The largest absolute Gasteiger partial charge is 0.336 e. The summed E-state index contributed by atoms with van der Waals surface area (Å²) in [6.07, 6.45) is 1.36. The molecule has 0 saturated carbocycles. The third kappa shape index (κ3) is 3.87. The highest BCUT2D eigenvalue weighted by Gasteiger charge is 2.20. The lowest BCUT2D eigenvalue weighted by Gasteiger charge is -2.25. The molecule has 1 saturated heterocycles. The first kappa shape index (κ1) is 16.3. The summed E-state index contributed by atoms with van der Waals surface area (Å²) in [5, 5.41) is 3.92. The van der Waals surface area contributed by atoms with E-state index in [9.17, 15) is 9.59 Å². The molecule has 2 amide bonds. The minimum Gasteiger partial charge on any atom is -0.336 e. The molecule has 3 rings (SSSR count). The molecule has 0 spiro atoms. The number of nitrogens with one attached hydrogen (secondary N) is 1. The van der Waals surface area contributed by atoms with Crippen molar-refractivity contribution in [2.45, 2.75) is 19.8 Å². The first-order chi connectivity index (χ1) is 11.2. The second-order valence-corrected chi connectivity index (χ2v) is 7.87. The molecular formula is C17H20N2O2S2. The predicted octanol–water partition coefficient (Wildman–Crippen LogP) is 3.83. The molecule has 1 aliphatic heterocycles. The summed E-state index contributed by atoms with van der Waals surface area (Å²) >= 11 is 3.42. The average molecular weight is 348 g/mol. The summed E-state index contributed by atoms with van der Waals surface area (Å²) < 4.78 is 1.08. The molecule has 1 aromatic heterocycles. The van der Waals surface area contributed by atoms with Gasteiger partial charge in [-0.3, -0.25) is 9.59 Å². The van der Waals surface area contributed by atoms with E-state index in [1.54, 1.807) is 0 Å². The van der Waals surface area contributed by atoms with Crippen molar-refractivity contribution >= 4 is 50.7 Å². The van der Waals surface area contributed by atoms with Gasteiger partial charge < -0.3 is 10.2 Å². The van der Waals surface area contributed by atoms with Crippen molar-refractivity contribution in [2.75, 3.05) is 29.9 Å². The number of fused-ring (bicyclic) bond motifs is 1. The maximum atomic E-state index is 12.6. The number of rotatable bonds is 4. The van der Waals surface area contributed by atoms with Crippen LogP contribution in [-0.4, -0.2) is 41.3 Å². The van der Waals surface area contributed by atoms with Crippen molar-refractivity contribution in [1.29, 1.82) is 0 Å². The van der Waals surface area contributed by atoms with E-state index in [2.05, 4.69) is 5.32 Å². The number of amides is 2. The molecule has 0 atom stereocenters. The molecule has 4 nitrogen and oxygen atoms in total. The van der Waals surface area contributed by atoms with Gasteiger partial charge in [-0.1, -0.05) is 6.92 Å². The molecule has 1 N–H and O–H groups in total. The minimum absolute atomic E-state index is 0.0317. The molecule has 6 heteroatoms. The summed E-state index contributed by atoms with van der Waals surface area (Å²) in [6.45, 7) is 3.64. The fourth-order valence-corrected chi connectivity index (χ4v) is 4.51. The molecule has 1 fully saturated rings. The molecule has 2 heterocycles. The van der Waals surface area contributed by atoms with Crippen LogP contribution in [-0.2, 0) is 4.79 Å².